The minimum Gasteiger partial charge on any atom is -0.381 e. The molecule has 4 rings (SSSR count). The highest BCUT2D eigenvalue weighted by atomic mass is 35.5. The first kappa shape index (κ1) is 18.6. The lowest BCUT2D eigenvalue weighted by Crippen LogP contribution is -2.43. The summed E-state index contributed by atoms with van der Waals surface area (Å²) < 4.78 is 7.20. The topological polar surface area (TPSA) is 72.3 Å². The predicted molar refractivity (Wildman–Crippen MR) is 95.4 cm³/mol. The van der Waals surface area contributed by atoms with E-state index in [9.17, 15) is 4.79 Å². The first-order valence-corrected chi connectivity index (χ1v) is 9.23. The molecule has 1 N–H and O–H groups in total. The van der Waals surface area contributed by atoms with E-state index in [-0.39, 0.29) is 18.3 Å². The number of nitrogens with one attached hydrogen (secondary N) is 1. The van der Waals surface area contributed by atoms with Crippen LogP contribution in [-0.2, 0) is 16.1 Å². The molecule has 8 heteroatoms. The number of ether oxygens (including phenoxy) is 1. The molecule has 0 bridgehead atoms. The summed E-state index contributed by atoms with van der Waals surface area (Å²) in [6.07, 6.45) is 8.55. The van der Waals surface area contributed by atoms with Crippen LogP contribution in [0.25, 0.3) is 0 Å². The fourth-order valence-electron chi connectivity index (χ4n) is 4.21. The minimum absolute atomic E-state index is 0. The zero-order chi connectivity index (χ0) is 16.4. The van der Waals surface area contributed by atoms with Gasteiger partial charge in [0.25, 0.3) is 0 Å². The van der Waals surface area contributed by atoms with Gasteiger partial charge in [-0.15, -0.1) is 12.4 Å². The van der Waals surface area contributed by atoms with Crippen LogP contribution in [0.3, 0.4) is 0 Å². The number of nitrogens with zero attached hydrogens (tertiary/aromatic N) is 4. The molecule has 2 atom stereocenters. The molecule has 1 aliphatic carbocycles. The Kier molecular flexibility index (Phi) is 6.30. The second-order valence-corrected chi connectivity index (χ2v) is 7.38. The zero-order valence-corrected chi connectivity index (χ0v) is 15.4. The largest absolute Gasteiger partial charge is 0.381 e. The molecule has 25 heavy (non-hydrogen) atoms. The van der Waals surface area contributed by atoms with E-state index in [1.54, 1.807) is 11.0 Å². The average Bonchev–Trinajstić information content (AvgIpc) is 3.16. The maximum absolute atomic E-state index is 12.4. The van der Waals surface area contributed by atoms with E-state index in [4.69, 9.17) is 4.74 Å². The molecule has 1 aromatic heterocycles. The maximum Gasteiger partial charge on any atom is 0.222 e. The van der Waals surface area contributed by atoms with Crippen LogP contribution in [0.2, 0.25) is 0 Å². The van der Waals surface area contributed by atoms with Crippen LogP contribution in [0.4, 0.5) is 0 Å². The van der Waals surface area contributed by atoms with Gasteiger partial charge in [0.15, 0.2) is 0 Å². The van der Waals surface area contributed by atoms with Gasteiger partial charge in [-0.2, -0.15) is 5.10 Å². The highest BCUT2D eigenvalue weighted by Gasteiger charge is 2.44. The van der Waals surface area contributed by atoms with Crippen molar-refractivity contribution in [2.45, 2.75) is 50.7 Å². The van der Waals surface area contributed by atoms with Gasteiger partial charge in [-0.3, -0.25) is 14.4 Å². The van der Waals surface area contributed by atoms with Crippen molar-refractivity contribution in [3.05, 3.63) is 12.7 Å². The Morgan fingerprint density at radius 2 is 2.00 bits per heavy atom. The Morgan fingerprint density at radius 3 is 2.68 bits per heavy atom. The van der Waals surface area contributed by atoms with Crippen LogP contribution in [0.5, 0.6) is 0 Å². The molecule has 3 fully saturated rings. The number of likely N-dealkylation sites (tertiary alicyclic amines) is 1. The van der Waals surface area contributed by atoms with Crippen molar-refractivity contribution in [1.82, 2.24) is 25.0 Å². The molecule has 2 saturated heterocycles. The van der Waals surface area contributed by atoms with Crippen molar-refractivity contribution in [3.63, 3.8) is 0 Å². The summed E-state index contributed by atoms with van der Waals surface area (Å²) in [5.41, 5.74) is 0. The van der Waals surface area contributed by atoms with Gasteiger partial charge in [-0.25, -0.2) is 4.98 Å². The van der Waals surface area contributed by atoms with Crippen LogP contribution in [0.15, 0.2) is 12.7 Å². The first-order valence-electron chi connectivity index (χ1n) is 9.23. The van der Waals surface area contributed by atoms with Crippen LogP contribution in [-0.4, -0.2) is 64.0 Å². The lowest BCUT2D eigenvalue weighted by Gasteiger charge is -2.31. The molecular formula is C17H28ClN5O2. The Labute approximate surface area is 154 Å². The van der Waals surface area contributed by atoms with E-state index in [2.05, 4.69) is 20.3 Å². The van der Waals surface area contributed by atoms with Crippen LogP contribution in [0.1, 0.15) is 32.1 Å². The number of carbonyl (C=O) groups excluding carboxylic acids is 1. The summed E-state index contributed by atoms with van der Waals surface area (Å²) in [6.45, 7) is 4.50. The first-order chi connectivity index (χ1) is 11.8. The third kappa shape index (κ3) is 4.71. The standard InChI is InChI=1S/C17H27N5O2.ClH/c23-17(3-6-22-12-18-11-19-22)20-16-10-21(9-15(16)13-1-2-13)14-4-7-24-8-5-14;/h11-16H,1-10H2,(H,20,23);1H/t15-,16+;/m1./s1. The molecule has 1 amide bonds. The van der Waals surface area contributed by atoms with Gasteiger partial charge in [0.05, 0.1) is 6.54 Å². The Balaban J connectivity index is 0.00000182. The van der Waals surface area contributed by atoms with Gasteiger partial charge in [-0.1, -0.05) is 0 Å². The van der Waals surface area contributed by atoms with Gasteiger partial charge >= 0.3 is 0 Å². The minimum atomic E-state index is 0. The van der Waals surface area contributed by atoms with Crippen LogP contribution < -0.4 is 5.32 Å². The van der Waals surface area contributed by atoms with E-state index < -0.39 is 0 Å². The lowest BCUT2D eigenvalue weighted by molar-refractivity contribution is -0.122. The highest BCUT2D eigenvalue weighted by Crippen LogP contribution is 2.42. The summed E-state index contributed by atoms with van der Waals surface area (Å²) in [4.78, 5) is 18.9. The summed E-state index contributed by atoms with van der Waals surface area (Å²) in [5.74, 6) is 1.58. The lowest BCUT2D eigenvalue weighted by atomic mass is 9.98. The second-order valence-electron chi connectivity index (χ2n) is 7.38. The Morgan fingerprint density at radius 1 is 1.20 bits per heavy atom. The molecule has 0 spiro atoms. The summed E-state index contributed by atoms with van der Waals surface area (Å²) >= 11 is 0. The fraction of sp³-hybridized carbons (Fsp3) is 0.824. The van der Waals surface area contributed by atoms with Crippen molar-refractivity contribution in [1.29, 1.82) is 0 Å². The van der Waals surface area contributed by atoms with Crippen molar-refractivity contribution >= 4 is 18.3 Å². The summed E-state index contributed by atoms with van der Waals surface area (Å²) in [7, 11) is 0. The van der Waals surface area contributed by atoms with Crippen LogP contribution in [0, 0.1) is 11.8 Å². The Bertz CT molecular complexity index is 545. The maximum atomic E-state index is 12.4. The quantitative estimate of drug-likeness (QED) is 0.812. The third-order valence-electron chi connectivity index (χ3n) is 5.71. The molecule has 3 heterocycles. The van der Waals surface area contributed by atoms with E-state index in [1.165, 1.54) is 19.2 Å². The number of aromatic nitrogens is 3. The average molecular weight is 370 g/mol. The van der Waals surface area contributed by atoms with Gasteiger partial charge in [0.2, 0.25) is 5.91 Å². The van der Waals surface area contributed by atoms with E-state index in [0.29, 0.717) is 31.0 Å². The molecule has 3 aliphatic rings. The third-order valence-corrected chi connectivity index (χ3v) is 5.71. The number of hydrogen-bond donors (Lipinski definition) is 1. The number of carbonyl (C=O) groups is 1. The SMILES string of the molecule is Cl.O=C(CCn1cncn1)N[C@H]1CN(C2CCOCC2)C[C@@H]1C1CC1. The van der Waals surface area contributed by atoms with Gasteiger partial charge in [0.1, 0.15) is 12.7 Å². The van der Waals surface area contributed by atoms with E-state index in [1.807, 2.05) is 0 Å². The number of rotatable bonds is 6. The van der Waals surface area contributed by atoms with Crippen molar-refractivity contribution < 1.29 is 9.53 Å². The summed E-state index contributed by atoms with van der Waals surface area (Å²) in [5, 5.41) is 7.36. The molecule has 0 unspecified atom stereocenters. The second kappa shape index (κ2) is 8.47. The van der Waals surface area contributed by atoms with Crippen molar-refractivity contribution in [2.24, 2.45) is 11.8 Å². The molecule has 2 aliphatic heterocycles. The Hall–Kier alpha value is -1.18. The van der Waals surface area contributed by atoms with Gasteiger partial charge in [0, 0.05) is 44.8 Å². The van der Waals surface area contributed by atoms with Crippen molar-refractivity contribution in [3.8, 4) is 0 Å². The number of hydrogen-bond acceptors (Lipinski definition) is 5. The number of aryl methyl sites for hydroxylation is 1. The molecule has 1 saturated carbocycles. The summed E-state index contributed by atoms with van der Waals surface area (Å²) in [6, 6.07) is 0.945. The molecule has 1 aromatic rings. The smallest absolute Gasteiger partial charge is 0.222 e. The van der Waals surface area contributed by atoms with Gasteiger partial charge in [-0.05, 0) is 37.5 Å². The van der Waals surface area contributed by atoms with E-state index >= 15 is 0 Å². The predicted octanol–water partition coefficient (Wildman–Crippen LogP) is 1.10. The number of halogens is 1. The molecule has 7 nitrogen and oxygen atoms in total. The fourth-order valence-corrected chi connectivity index (χ4v) is 4.21. The number of amides is 1. The molecule has 0 aromatic carbocycles. The monoisotopic (exact) mass is 369 g/mol. The van der Waals surface area contributed by atoms with Crippen molar-refractivity contribution in [2.75, 3.05) is 26.3 Å². The van der Waals surface area contributed by atoms with Crippen LogP contribution >= 0.6 is 12.4 Å². The normalized spacial score (nSPS) is 27.8. The molecule has 140 valence electrons. The highest BCUT2D eigenvalue weighted by molar-refractivity contribution is 5.85. The molecule has 0 radical (unpaired) electrons. The van der Waals surface area contributed by atoms with Gasteiger partial charge < -0.3 is 10.1 Å². The van der Waals surface area contributed by atoms with E-state index in [0.717, 1.165) is 45.1 Å². The zero-order valence-electron chi connectivity index (χ0n) is 14.5. The molecular weight excluding hydrogens is 342 g/mol.